The molecule has 2 heterocycles. The Morgan fingerprint density at radius 2 is 1.88 bits per heavy atom. The fourth-order valence-corrected chi connectivity index (χ4v) is 6.09. The number of aliphatic carboxylic acids is 1. The molecule has 3 aliphatic rings. The van der Waals surface area contributed by atoms with Crippen molar-refractivity contribution in [1.82, 2.24) is 4.90 Å². The van der Waals surface area contributed by atoms with Gasteiger partial charge in [-0.1, -0.05) is 23.7 Å². The van der Waals surface area contributed by atoms with E-state index in [0.717, 1.165) is 5.56 Å². The van der Waals surface area contributed by atoms with Gasteiger partial charge in [-0.25, -0.2) is 13.6 Å². The number of likely N-dealkylation sites (tertiary alicyclic amines) is 1. The highest BCUT2D eigenvalue weighted by atomic mass is 35.5. The summed E-state index contributed by atoms with van der Waals surface area (Å²) in [5, 5.41) is 12.2. The number of hydrogen-bond donors (Lipinski definition) is 2. The summed E-state index contributed by atoms with van der Waals surface area (Å²) < 4.78 is 34.0. The molecule has 0 spiro atoms. The maximum atomic E-state index is 14.3. The van der Waals surface area contributed by atoms with E-state index in [0.29, 0.717) is 55.6 Å². The molecule has 2 atom stereocenters. The molecule has 8 nitrogen and oxygen atoms in total. The van der Waals surface area contributed by atoms with Crippen LogP contribution >= 0.6 is 11.6 Å². The lowest BCUT2D eigenvalue weighted by molar-refractivity contribution is -0.144. The molecule has 1 aliphatic carbocycles. The highest BCUT2D eigenvalue weighted by Gasteiger charge is 2.36. The number of halogens is 3. The number of carbonyl (C=O) groups is 3. The minimum atomic E-state index is -1.13. The Kier molecular flexibility index (Phi) is 8.56. The van der Waals surface area contributed by atoms with Crippen LogP contribution in [0.15, 0.2) is 36.4 Å². The summed E-state index contributed by atoms with van der Waals surface area (Å²) in [7, 11) is 0. The first-order valence-electron chi connectivity index (χ1n) is 13.6. The Morgan fingerprint density at radius 3 is 2.60 bits per heavy atom. The van der Waals surface area contributed by atoms with E-state index in [1.54, 1.807) is 24.3 Å². The summed E-state index contributed by atoms with van der Waals surface area (Å²) in [5.41, 5.74) is 2.40. The molecule has 5 rings (SSSR count). The third kappa shape index (κ3) is 6.39. The third-order valence-electron chi connectivity index (χ3n) is 8.05. The summed E-state index contributed by atoms with van der Waals surface area (Å²) in [6, 6.07) is 8.46. The number of carbonyl (C=O) groups excluding carboxylic acids is 2. The molecular formula is C29H32ClF2N3O5. The second-order valence-corrected chi connectivity index (χ2v) is 11.2. The first kappa shape index (κ1) is 28.3. The minimum Gasteiger partial charge on any atom is -0.481 e. The predicted molar refractivity (Wildman–Crippen MR) is 146 cm³/mol. The molecule has 2 aromatic carbocycles. The standard InChI is InChI=1S/C29H32ClF2N3O5/c30-24-11-17(1-8-25(24)33-29(39)34-10-9-18-2-5-20(31)14-26(18)34)12-27(36)35-15-21(32)13-22(35)16-40-23-6-3-19(4-7-23)28(37)38/h1-2,5,8,11,14,19,21-23H,3-4,6-7,9-10,12-13,15-16H2,(H,33,39)(H,37,38)/t19?,21-,22-,23?/m0/s1. The topological polar surface area (TPSA) is 99.2 Å². The van der Waals surface area contributed by atoms with E-state index in [2.05, 4.69) is 5.32 Å². The van der Waals surface area contributed by atoms with Gasteiger partial charge in [0.2, 0.25) is 5.91 Å². The van der Waals surface area contributed by atoms with Crippen molar-refractivity contribution >= 4 is 40.9 Å². The van der Waals surface area contributed by atoms with Crippen LogP contribution in [0, 0.1) is 11.7 Å². The number of nitrogens with zero attached hydrogens (tertiary/aromatic N) is 2. The summed E-state index contributed by atoms with van der Waals surface area (Å²) in [4.78, 5) is 40.1. The smallest absolute Gasteiger partial charge is 0.326 e. The second kappa shape index (κ2) is 12.1. The number of hydrogen-bond acceptors (Lipinski definition) is 4. The van der Waals surface area contributed by atoms with Crippen LogP contribution in [0.3, 0.4) is 0 Å². The molecule has 2 fully saturated rings. The summed E-state index contributed by atoms with van der Waals surface area (Å²) in [6.45, 7) is 0.636. The first-order valence-corrected chi connectivity index (χ1v) is 14.0. The van der Waals surface area contributed by atoms with E-state index < -0.39 is 24.0 Å². The van der Waals surface area contributed by atoms with E-state index >= 15 is 0 Å². The normalized spacial score (nSPS) is 24.2. The van der Waals surface area contributed by atoms with Crippen LogP contribution in [0.25, 0.3) is 0 Å². The molecule has 2 aromatic rings. The van der Waals surface area contributed by atoms with E-state index in [1.165, 1.54) is 21.9 Å². The molecule has 3 amide bonds. The van der Waals surface area contributed by atoms with Gasteiger partial charge in [0.1, 0.15) is 12.0 Å². The molecule has 214 valence electrons. The van der Waals surface area contributed by atoms with Gasteiger partial charge in [0.05, 0.1) is 54.0 Å². The quantitative estimate of drug-likeness (QED) is 0.472. The lowest BCUT2D eigenvalue weighted by Crippen LogP contribution is -2.40. The number of ether oxygens (including phenoxy) is 1. The molecule has 0 unspecified atom stereocenters. The number of amides is 3. The maximum absolute atomic E-state index is 14.3. The molecule has 0 radical (unpaired) electrons. The van der Waals surface area contributed by atoms with Crippen molar-refractivity contribution in [3.05, 3.63) is 58.4 Å². The van der Waals surface area contributed by atoms with Crippen LogP contribution in [0.1, 0.15) is 43.2 Å². The molecule has 2 aliphatic heterocycles. The van der Waals surface area contributed by atoms with Crippen molar-refractivity contribution in [2.75, 3.05) is 29.9 Å². The highest BCUT2D eigenvalue weighted by Crippen LogP contribution is 2.32. The average molecular weight is 576 g/mol. The van der Waals surface area contributed by atoms with Crippen molar-refractivity contribution in [2.45, 2.75) is 63.3 Å². The molecule has 0 bridgehead atoms. The van der Waals surface area contributed by atoms with Crippen LogP contribution in [0.4, 0.5) is 25.0 Å². The van der Waals surface area contributed by atoms with Crippen molar-refractivity contribution in [3.63, 3.8) is 0 Å². The zero-order chi connectivity index (χ0) is 28.4. The van der Waals surface area contributed by atoms with Gasteiger partial charge in [-0.15, -0.1) is 0 Å². The Morgan fingerprint density at radius 1 is 1.10 bits per heavy atom. The Hall–Kier alpha value is -3.24. The lowest BCUT2D eigenvalue weighted by atomic mass is 9.87. The monoisotopic (exact) mass is 575 g/mol. The van der Waals surface area contributed by atoms with Crippen molar-refractivity contribution in [3.8, 4) is 0 Å². The number of rotatable bonds is 7. The number of fused-ring (bicyclic) bond motifs is 1. The summed E-state index contributed by atoms with van der Waals surface area (Å²) in [6.07, 6.45) is 2.02. The second-order valence-electron chi connectivity index (χ2n) is 10.8. The molecule has 0 aromatic heterocycles. The lowest BCUT2D eigenvalue weighted by Gasteiger charge is -2.29. The van der Waals surface area contributed by atoms with E-state index in [-0.39, 0.29) is 55.0 Å². The largest absolute Gasteiger partial charge is 0.481 e. The van der Waals surface area contributed by atoms with Gasteiger partial charge >= 0.3 is 12.0 Å². The van der Waals surface area contributed by atoms with Gasteiger partial charge in [0, 0.05) is 13.0 Å². The number of alkyl halides is 1. The molecule has 40 heavy (non-hydrogen) atoms. The third-order valence-corrected chi connectivity index (χ3v) is 8.36. The van der Waals surface area contributed by atoms with Gasteiger partial charge in [-0.05, 0) is 67.5 Å². The summed E-state index contributed by atoms with van der Waals surface area (Å²) >= 11 is 6.43. The number of carboxylic acids is 1. The SMILES string of the molecule is O=C(O)C1CCC(OC[C@@H]2C[C@H](F)CN2C(=O)Cc2ccc(NC(=O)N3CCc4ccc(F)cc43)c(Cl)c2)CC1. The average Bonchev–Trinajstić information content (AvgIpc) is 3.52. The van der Waals surface area contributed by atoms with Crippen molar-refractivity contribution < 1.29 is 33.0 Å². The fraction of sp³-hybridized carbons (Fsp3) is 0.483. The molecular weight excluding hydrogens is 544 g/mol. The Labute approximate surface area is 236 Å². The number of anilines is 2. The molecule has 1 saturated heterocycles. The van der Waals surface area contributed by atoms with Crippen molar-refractivity contribution in [2.24, 2.45) is 5.92 Å². The Bertz CT molecular complexity index is 1290. The predicted octanol–water partition coefficient (Wildman–Crippen LogP) is 5.22. The van der Waals surface area contributed by atoms with Gasteiger partial charge in [0.25, 0.3) is 0 Å². The zero-order valence-corrected chi connectivity index (χ0v) is 22.7. The number of benzene rings is 2. The number of urea groups is 1. The molecule has 1 saturated carbocycles. The van der Waals surface area contributed by atoms with E-state index in [1.807, 2.05) is 0 Å². The van der Waals surface area contributed by atoms with E-state index in [4.69, 9.17) is 21.4 Å². The van der Waals surface area contributed by atoms with Gasteiger partial charge in [-0.2, -0.15) is 0 Å². The molecule has 2 N–H and O–H groups in total. The highest BCUT2D eigenvalue weighted by molar-refractivity contribution is 6.34. The minimum absolute atomic E-state index is 0.00160. The van der Waals surface area contributed by atoms with Crippen LogP contribution in [-0.4, -0.2) is 65.9 Å². The summed E-state index contributed by atoms with van der Waals surface area (Å²) in [5.74, 6) is -1.78. The number of carboxylic acid groups (broad SMARTS) is 1. The Balaban J connectivity index is 1.15. The van der Waals surface area contributed by atoms with E-state index in [9.17, 15) is 23.2 Å². The zero-order valence-electron chi connectivity index (χ0n) is 22.0. The number of nitrogens with one attached hydrogen (secondary N) is 1. The molecule has 11 heteroatoms. The first-order chi connectivity index (χ1) is 19.2. The van der Waals surface area contributed by atoms with Crippen LogP contribution in [0.2, 0.25) is 5.02 Å². The van der Waals surface area contributed by atoms with Gasteiger partial charge in [0.15, 0.2) is 0 Å². The van der Waals surface area contributed by atoms with Crippen molar-refractivity contribution in [1.29, 1.82) is 0 Å². The van der Waals surface area contributed by atoms with Gasteiger partial charge in [-0.3, -0.25) is 14.5 Å². The fourth-order valence-electron chi connectivity index (χ4n) is 5.84. The maximum Gasteiger partial charge on any atom is 0.326 e. The van der Waals surface area contributed by atoms with Crippen LogP contribution < -0.4 is 10.2 Å². The van der Waals surface area contributed by atoms with Crippen LogP contribution in [0.5, 0.6) is 0 Å². The van der Waals surface area contributed by atoms with Crippen LogP contribution in [-0.2, 0) is 27.2 Å². The van der Waals surface area contributed by atoms with Gasteiger partial charge < -0.3 is 20.1 Å².